The van der Waals surface area contributed by atoms with Crippen LogP contribution in [0.2, 0.25) is 0 Å². The van der Waals surface area contributed by atoms with Gasteiger partial charge in [-0.3, -0.25) is 4.79 Å². The molecule has 1 aliphatic rings. The number of carbonyl (C=O) groups excluding carboxylic acids is 1. The molecule has 0 N–H and O–H groups in total. The SMILES string of the molecule is C[C@@H]1COC(=O)[C@H]1N=[N+]=[N-]. The molecule has 2 atom stereocenters. The van der Waals surface area contributed by atoms with E-state index in [0.29, 0.717) is 6.61 Å². The first-order valence-corrected chi connectivity index (χ1v) is 2.96. The maximum atomic E-state index is 10.7. The molecular weight excluding hydrogens is 134 g/mol. The first kappa shape index (κ1) is 6.89. The first-order chi connectivity index (χ1) is 4.75. The summed E-state index contributed by atoms with van der Waals surface area (Å²) in [5.41, 5.74) is 8.01. The zero-order valence-electron chi connectivity index (χ0n) is 5.52. The zero-order valence-corrected chi connectivity index (χ0v) is 5.52. The molecule has 0 aromatic rings. The van der Waals surface area contributed by atoms with Gasteiger partial charge in [0.05, 0.1) is 6.61 Å². The molecular formula is C5H7N3O2. The quantitative estimate of drug-likeness (QED) is 0.235. The van der Waals surface area contributed by atoms with Gasteiger partial charge in [0, 0.05) is 10.8 Å². The van der Waals surface area contributed by atoms with Gasteiger partial charge < -0.3 is 4.74 Å². The molecule has 0 amide bonds. The van der Waals surface area contributed by atoms with Gasteiger partial charge in [0.1, 0.15) is 6.04 Å². The fourth-order valence-corrected chi connectivity index (χ4v) is 0.839. The van der Waals surface area contributed by atoms with Crippen LogP contribution < -0.4 is 0 Å². The van der Waals surface area contributed by atoms with E-state index in [-0.39, 0.29) is 5.92 Å². The average molecular weight is 141 g/mol. The molecule has 5 heteroatoms. The Morgan fingerprint density at radius 1 is 1.90 bits per heavy atom. The van der Waals surface area contributed by atoms with Crippen LogP contribution in [0.1, 0.15) is 6.92 Å². The van der Waals surface area contributed by atoms with Crippen LogP contribution in [0, 0.1) is 5.92 Å². The van der Waals surface area contributed by atoms with Gasteiger partial charge in [-0.1, -0.05) is 12.0 Å². The van der Waals surface area contributed by atoms with E-state index in [0.717, 1.165) is 0 Å². The molecule has 1 heterocycles. The third-order valence-corrected chi connectivity index (χ3v) is 1.45. The van der Waals surface area contributed by atoms with Crippen molar-refractivity contribution in [3.05, 3.63) is 10.4 Å². The van der Waals surface area contributed by atoms with Gasteiger partial charge in [0.2, 0.25) is 0 Å². The highest BCUT2D eigenvalue weighted by molar-refractivity contribution is 5.78. The normalized spacial score (nSPS) is 31.1. The van der Waals surface area contributed by atoms with E-state index in [4.69, 9.17) is 5.53 Å². The predicted molar refractivity (Wildman–Crippen MR) is 33.1 cm³/mol. The molecule has 0 spiro atoms. The average Bonchev–Trinajstić information content (AvgIpc) is 2.20. The summed E-state index contributed by atoms with van der Waals surface area (Å²) >= 11 is 0. The van der Waals surface area contributed by atoms with Crippen LogP contribution in [0.15, 0.2) is 5.11 Å². The monoisotopic (exact) mass is 141 g/mol. The van der Waals surface area contributed by atoms with Crippen molar-refractivity contribution in [2.75, 3.05) is 6.61 Å². The first-order valence-electron chi connectivity index (χ1n) is 2.96. The number of cyclic esters (lactones) is 1. The lowest BCUT2D eigenvalue weighted by atomic mass is 10.1. The summed E-state index contributed by atoms with van der Waals surface area (Å²) in [5, 5.41) is 3.29. The second kappa shape index (κ2) is 2.58. The Kier molecular flexibility index (Phi) is 1.78. The van der Waals surface area contributed by atoms with Crippen molar-refractivity contribution in [2.45, 2.75) is 13.0 Å². The van der Waals surface area contributed by atoms with E-state index in [1.54, 1.807) is 0 Å². The Balaban J connectivity index is 2.71. The van der Waals surface area contributed by atoms with Crippen molar-refractivity contribution >= 4 is 5.97 Å². The lowest BCUT2D eigenvalue weighted by Gasteiger charge is -1.98. The molecule has 0 aromatic heterocycles. The van der Waals surface area contributed by atoms with Gasteiger partial charge in [-0.2, -0.15) is 0 Å². The fourth-order valence-electron chi connectivity index (χ4n) is 0.839. The number of rotatable bonds is 1. The van der Waals surface area contributed by atoms with Gasteiger partial charge >= 0.3 is 5.97 Å². The van der Waals surface area contributed by atoms with Crippen molar-refractivity contribution in [3.8, 4) is 0 Å². The highest BCUT2D eigenvalue weighted by Crippen LogP contribution is 2.17. The maximum absolute atomic E-state index is 10.7. The van der Waals surface area contributed by atoms with Gasteiger partial charge in [0.15, 0.2) is 0 Å². The van der Waals surface area contributed by atoms with Crippen LogP contribution in [0.5, 0.6) is 0 Å². The Hall–Kier alpha value is -1.22. The number of hydrogen-bond acceptors (Lipinski definition) is 3. The molecule has 0 saturated carbocycles. The molecule has 0 aliphatic carbocycles. The van der Waals surface area contributed by atoms with Crippen LogP contribution in [-0.4, -0.2) is 18.6 Å². The van der Waals surface area contributed by atoms with Crippen molar-refractivity contribution in [3.63, 3.8) is 0 Å². The van der Waals surface area contributed by atoms with E-state index in [1.807, 2.05) is 6.92 Å². The van der Waals surface area contributed by atoms with Gasteiger partial charge in [-0.25, -0.2) is 0 Å². The topological polar surface area (TPSA) is 75.1 Å². The number of esters is 1. The van der Waals surface area contributed by atoms with Crippen LogP contribution in [0.4, 0.5) is 0 Å². The molecule has 0 bridgehead atoms. The van der Waals surface area contributed by atoms with E-state index in [9.17, 15) is 4.79 Å². The fraction of sp³-hybridized carbons (Fsp3) is 0.800. The van der Waals surface area contributed by atoms with Crippen molar-refractivity contribution in [2.24, 2.45) is 11.0 Å². The smallest absolute Gasteiger partial charge is 0.315 e. The number of hydrogen-bond donors (Lipinski definition) is 0. The summed E-state index contributed by atoms with van der Waals surface area (Å²) in [6.07, 6.45) is 0. The summed E-state index contributed by atoms with van der Waals surface area (Å²) in [7, 11) is 0. The largest absolute Gasteiger partial charge is 0.465 e. The minimum absolute atomic E-state index is 0.0170. The van der Waals surface area contributed by atoms with E-state index >= 15 is 0 Å². The molecule has 1 aliphatic heterocycles. The van der Waals surface area contributed by atoms with Crippen LogP contribution in [0.25, 0.3) is 10.4 Å². The van der Waals surface area contributed by atoms with E-state index in [1.165, 1.54) is 0 Å². The zero-order chi connectivity index (χ0) is 7.56. The summed E-state index contributed by atoms with van der Waals surface area (Å²) < 4.78 is 4.63. The molecule has 10 heavy (non-hydrogen) atoms. The number of carbonyl (C=O) groups is 1. The van der Waals surface area contributed by atoms with Gasteiger partial charge in [-0.15, -0.1) is 0 Å². The maximum Gasteiger partial charge on any atom is 0.315 e. The summed E-state index contributed by atoms with van der Waals surface area (Å²) in [6, 6.07) is -0.606. The lowest BCUT2D eigenvalue weighted by Crippen LogP contribution is -2.16. The third kappa shape index (κ3) is 1.04. The molecule has 1 rings (SSSR count). The molecule has 0 radical (unpaired) electrons. The summed E-state index contributed by atoms with van der Waals surface area (Å²) in [6.45, 7) is 2.17. The number of ether oxygens (including phenoxy) is 1. The number of azide groups is 1. The van der Waals surface area contributed by atoms with Crippen LogP contribution in [-0.2, 0) is 9.53 Å². The molecule has 5 nitrogen and oxygen atoms in total. The van der Waals surface area contributed by atoms with Gasteiger partial charge in [-0.05, 0) is 5.53 Å². The lowest BCUT2D eigenvalue weighted by molar-refractivity contribution is -0.138. The summed E-state index contributed by atoms with van der Waals surface area (Å²) in [4.78, 5) is 13.2. The number of nitrogens with zero attached hydrogens (tertiary/aromatic N) is 3. The molecule has 0 unspecified atom stereocenters. The second-order valence-corrected chi connectivity index (χ2v) is 2.26. The van der Waals surface area contributed by atoms with Crippen molar-refractivity contribution < 1.29 is 9.53 Å². The Morgan fingerprint density at radius 3 is 3.00 bits per heavy atom. The Bertz CT molecular complexity index is 197. The van der Waals surface area contributed by atoms with Crippen LogP contribution >= 0.6 is 0 Å². The minimum Gasteiger partial charge on any atom is -0.465 e. The Labute approximate surface area is 57.6 Å². The second-order valence-electron chi connectivity index (χ2n) is 2.26. The van der Waals surface area contributed by atoms with Crippen LogP contribution in [0.3, 0.4) is 0 Å². The molecule has 54 valence electrons. The molecule has 1 saturated heterocycles. The predicted octanol–water partition coefficient (Wildman–Crippen LogP) is 0.858. The highest BCUT2D eigenvalue weighted by Gasteiger charge is 2.32. The Morgan fingerprint density at radius 2 is 2.60 bits per heavy atom. The van der Waals surface area contributed by atoms with E-state index < -0.39 is 12.0 Å². The van der Waals surface area contributed by atoms with E-state index in [2.05, 4.69) is 14.8 Å². The third-order valence-electron chi connectivity index (χ3n) is 1.45. The summed E-state index contributed by atoms with van der Waals surface area (Å²) in [5.74, 6) is -0.395. The minimum atomic E-state index is -0.606. The highest BCUT2D eigenvalue weighted by atomic mass is 16.5. The van der Waals surface area contributed by atoms with Crippen molar-refractivity contribution in [1.82, 2.24) is 0 Å². The molecule has 1 fully saturated rings. The standard InChI is InChI=1S/C5H7N3O2/c1-3-2-10-5(9)4(3)7-8-6/h3-4H,2H2,1H3/t3-,4+/m1/s1. The van der Waals surface area contributed by atoms with Crippen molar-refractivity contribution in [1.29, 1.82) is 0 Å². The molecule has 0 aromatic carbocycles. The van der Waals surface area contributed by atoms with Gasteiger partial charge in [0.25, 0.3) is 0 Å².